The fraction of sp³-hybridized carbons (Fsp3) is 0.312. The third-order valence-corrected chi connectivity index (χ3v) is 4.31. The zero-order valence-electron chi connectivity index (χ0n) is 11.5. The van der Waals surface area contributed by atoms with E-state index in [1.54, 1.807) is 0 Å². The van der Waals surface area contributed by atoms with Crippen LogP contribution in [0.1, 0.15) is 34.5 Å². The number of rotatable bonds is 5. The van der Waals surface area contributed by atoms with Crippen molar-refractivity contribution in [2.45, 2.75) is 26.2 Å². The molecule has 0 bridgehead atoms. The van der Waals surface area contributed by atoms with Crippen LogP contribution in [0.25, 0.3) is 10.1 Å². The van der Waals surface area contributed by atoms with Crippen LogP contribution in [0.15, 0.2) is 18.2 Å². The van der Waals surface area contributed by atoms with Gasteiger partial charge in [-0.2, -0.15) is 0 Å². The quantitative estimate of drug-likeness (QED) is 0.654. The molecule has 0 saturated heterocycles. The van der Waals surface area contributed by atoms with Crippen LogP contribution in [0.2, 0.25) is 0 Å². The number of thiophene rings is 1. The first-order chi connectivity index (χ1) is 9.63. The molecule has 2 rings (SSSR count). The van der Waals surface area contributed by atoms with Crippen LogP contribution in [0, 0.1) is 19.3 Å². The summed E-state index contributed by atoms with van der Waals surface area (Å²) in [4.78, 5) is 12.7. The zero-order chi connectivity index (χ0) is 14.5. The molecule has 104 valence electrons. The van der Waals surface area contributed by atoms with Gasteiger partial charge in [-0.15, -0.1) is 23.7 Å². The standard InChI is InChI=1S/C16H18N2OS/c1-3-4-5-6-9-18-16(19)15-14(17)12-10-11(2)7-8-13(12)20-15/h1,7-8,10H,4-6,9,17H2,2H3,(H,18,19). The maximum atomic E-state index is 12.1. The van der Waals surface area contributed by atoms with E-state index in [0.29, 0.717) is 17.1 Å². The summed E-state index contributed by atoms with van der Waals surface area (Å²) < 4.78 is 1.05. The van der Waals surface area contributed by atoms with Crippen LogP contribution in [-0.4, -0.2) is 12.5 Å². The fourth-order valence-electron chi connectivity index (χ4n) is 2.03. The molecule has 4 heteroatoms. The SMILES string of the molecule is C#CCCCCNC(=O)c1sc2ccc(C)cc2c1N. The third-order valence-electron chi connectivity index (χ3n) is 3.12. The number of aryl methyl sites for hydroxylation is 1. The van der Waals surface area contributed by atoms with E-state index in [2.05, 4.69) is 11.2 Å². The maximum absolute atomic E-state index is 12.1. The smallest absolute Gasteiger partial charge is 0.263 e. The topological polar surface area (TPSA) is 55.1 Å². The summed E-state index contributed by atoms with van der Waals surface area (Å²) in [6, 6.07) is 6.06. The first-order valence-electron chi connectivity index (χ1n) is 6.63. The number of anilines is 1. The van der Waals surface area contributed by atoms with Gasteiger partial charge in [-0.05, 0) is 31.9 Å². The molecule has 0 aliphatic carbocycles. The van der Waals surface area contributed by atoms with Crippen LogP contribution in [0.5, 0.6) is 0 Å². The molecule has 1 aromatic carbocycles. The lowest BCUT2D eigenvalue weighted by atomic mass is 10.1. The average molecular weight is 286 g/mol. The van der Waals surface area contributed by atoms with Crippen LogP contribution < -0.4 is 11.1 Å². The molecule has 0 fully saturated rings. The minimum atomic E-state index is -0.0953. The molecule has 1 heterocycles. The molecule has 1 amide bonds. The number of unbranched alkanes of at least 4 members (excludes halogenated alkanes) is 2. The van der Waals surface area contributed by atoms with Gasteiger partial charge in [0.05, 0.1) is 5.69 Å². The zero-order valence-corrected chi connectivity index (χ0v) is 12.3. The molecular formula is C16H18N2OS. The molecule has 0 spiro atoms. The van der Waals surface area contributed by atoms with Gasteiger partial charge >= 0.3 is 0 Å². The van der Waals surface area contributed by atoms with Crippen LogP contribution in [0.4, 0.5) is 5.69 Å². The van der Waals surface area contributed by atoms with Crippen molar-refractivity contribution in [3.05, 3.63) is 28.6 Å². The summed E-state index contributed by atoms with van der Waals surface area (Å²) >= 11 is 1.44. The minimum Gasteiger partial charge on any atom is -0.397 e. The molecule has 0 saturated carbocycles. The molecule has 20 heavy (non-hydrogen) atoms. The summed E-state index contributed by atoms with van der Waals surface area (Å²) in [5.74, 6) is 2.49. The van der Waals surface area contributed by atoms with Crippen LogP contribution in [-0.2, 0) is 0 Å². The van der Waals surface area contributed by atoms with E-state index in [1.165, 1.54) is 11.3 Å². The number of amides is 1. The van der Waals surface area contributed by atoms with Gasteiger partial charge in [0.15, 0.2) is 0 Å². The summed E-state index contributed by atoms with van der Waals surface area (Å²) in [6.45, 7) is 2.65. The number of carbonyl (C=O) groups excluding carboxylic acids is 1. The Labute approximate surface area is 123 Å². The molecule has 0 aliphatic rings. The van der Waals surface area contributed by atoms with E-state index in [-0.39, 0.29) is 5.91 Å². The highest BCUT2D eigenvalue weighted by atomic mass is 32.1. The Kier molecular flexibility index (Phi) is 4.65. The van der Waals surface area contributed by atoms with Crippen LogP contribution in [0.3, 0.4) is 0 Å². The van der Waals surface area contributed by atoms with Crippen molar-refractivity contribution < 1.29 is 4.79 Å². The third kappa shape index (κ3) is 3.12. The highest BCUT2D eigenvalue weighted by molar-refractivity contribution is 7.21. The van der Waals surface area contributed by atoms with E-state index < -0.39 is 0 Å². The monoisotopic (exact) mass is 286 g/mol. The lowest BCUT2D eigenvalue weighted by Crippen LogP contribution is -2.24. The van der Waals surface area contributed by atoms with Crippen molar-refractivity contribution in [2.24, 2.45) is 0 Å². The van der Waals surface area contributed by atoms with Gasteiger partial charge < -0.3 is 11.1 Å². The molecule has 3 nitrogen and oxygen atoms in total. The summed E-state index contributed by atoms with van der Waals surface area (Å²) in [5.41, 5.74) is 7.80. The van der Waals surface area contributed by atoms with E-state index >= 15 is 0 Å². The first-order valence-corrected chi connectivity index (χ1v) is 7.45. The van der Waals surface area contributed by atoms with E-state index in [4.69, 9.17) is 12.2 Å². The molecule has 0 atom stereocenters. The van der Waals surface area contributed by atoms with Crippen molar-refractivity contribution >= 4 is 33.0 Å². The number of benzene rings is 1. The number of nitrogens with two attached hydrogens (primary N) is 1. The second-order valence-corrected chi connectivity index (χ2v) is 5.81. The van der Waals surface area contributed by atoms with E-state index in [9.17, 15) is 4.79 Å². The van der Waals surface area contributed by atoms with Crippen molar-refractivity contribution in [1.82, 2.24) is 5.32 Å². The van der Waals surface area contributed by atoms with Gasteiger partial charge in [0.25, 0.3) is 5.91 Å². The number of nitrogen functional groups attached to an aromatic ring is 1. The van der Waals surface area contributed by atoms with Gasteiger partial charge in [0.2, 0.25) is 0 Å². The number of carbonyl (C=O) groups is 1. The summed E-state index contributed by atoms with van der Waals surface area (Å²) in [5, 5.41) is 3.86. The fourth-order valence-corrected chi connectivity index (χ4v) is 3.05. The molecule has 0 unspecified atom stereocenters. The number of hydrogen-bond acceptors (Lipinski definition) is 3. The highest BCUT2D eigenvalue weighted by Gasteiger charge is 2.15. The first kappa shape index (κ1) is 14.4. The number of terminal acetylenes is 1. The van der Waals surface area contributed by atoms with Gasteiger partial charge in [0.1, 0.15) is 4.88 Å². The predicted octanol–water partition coefficient (Wildman–Crippen LogP) is 3.33. The Morgan fingerprint density at radius 3 is 3.00 bits per heavy atom. The lowest BCUT2D eigenvalue weighted by Gasteiger charge is -2.03. The van der Waals surface area contributed by atoms with Gasteiger partial charge in [0, 0.05) is 23.1 Å². The molecule has 2 aromatic rings. The summed E-state index contributed by atoms with van der Waals surface area (Å²) in [7, 11) is 0. The molecular weight excluding hydrogens is 268 g/mol. The van der Waals surface area contributed by atoms with E-state index in [1.807, 2.05) is 25.1 Å². The van der Waals surface area contributed by atoms with Crippen molar-refractivity contribution in [3.8, 4) is 12.3 Å². The summed E-state index contributed by atoms with van der Waals surface area (Å²) in [6.07, 6.45) is 7.75. The molecule has 0 radical (unpaired) electrons. The van der Waals surface area contributed by atoms with Crippen molar-refractivity contribution in [2.75, 3.05) is 12.3 Å². The highest BCUT2D eigenvalue weighted by Crippen LogP contribution is 2.34. The van der Waals surface area contributed by atoms with Crippen LogP contribution >= 0.6 is 11.3 Å². The Bertz CT molecular complexity index is 667. The predicted molar refractivity (Wildman–Crippen MR) is 86.0 cm³/mol. The number of fused-ring (bicyclic) bond motifs is 1. The van der Waals surface area contributed by atoms with Crippen molar-refractivity contribution in [1.29, 1.82) is 0 Å². The van der Waals surface area contributed by atoms with Gasteiger partial charge in [-0.25, -0.2) is 0 Å². The maximum Gasteiger partial charge on any atom is 0.263 e. The molecule has 3 N–H and O–H groups in total. The Hall–Kier alpha value is -1.99. The normalized spacial score (nSPS) is 10.4. The second kappa shape index (κ2) is 6.44. The largest absolute Gasteiger partial charge is 0.397 e. The lowest BCUT2D eigenvalue weighted by molar-refractivity contribution is 0.0958. The Balaban J connectivity index is 2.07. The van der Waals surface area contributed by atoms with Gasteiger partial charge in [-0.3, -0.25) is 4.79 Å². The Morgan fingerprint density at radius 2 is 2.25 bits per heavy atom. The van der Waals surface area contributed by atoms with Gasteiger partial charge in [-0.1, -0.05) is 11.6 Å². The average Bonchev–Trinajstić information content (AvgIpc) is 2.76. The molecule has 0 aliphatic heterocycles. The molecule has 1 aromatic heterocycles. The number of nitrogens with one attached hydrogen (secondary N) is 1. The van der Waals surface area contributed by atoms with Crippen molar-refractivity contribution in [3.63, 3.8) is 0 Å². The number of hydrogen-bond donors (Lipinski definition) is 2. The Morgan fingerprint density at radius 1 is 1.45 bits per heavy atom. The second-order valence-electron chi connectivity index (χ2n) is 4.76. The van der Waals surface area contributed by atoms with E-state index in [0.717, 1.165) is 34.9 Å². The minimum absolute atomic E-state index is 0.0953.